The van der Waals surface area contributed by atoms with Gasteiger partial charge in [-0.3, -0.25) is 20.2 Å². The van der Waals surface area contributed by atoms with E-state index in [0.29, 0.717) is 12.8 Å². The summed E-state index contributed by atoms with van der Waals surface area (Å²) in [5, 5.41) is 32.8. The normalized spacial score (nSPS) is 12.1. The molecule has 0 heterocycles. The number of nitro groups is 2. The average molecular weight is 239 g/mol. The van der Waals surface area contributed by atoms with Crippen LogP contribution in [-0.4, -0.2) is 9.85 Å². The zero-order valence-electron chi connectivity index (χ0n) is 9.16. The van der Waals surface area contributed by atoms with Gasteiger partial charge < -0.3 is 0 Å². The van der Waals surface area contributed by atoms with E-state index in [-0.39, 0.29) is 5.56 Å². The van der Waals surface area contributed by atoms with Gasteiger partial charge in [-0.15, -0.1) is 0 Å². The van der Waals surface area contributed by atoms with Gasteiger partial charge in [-0.05, 0) is 18.1 Å². The molecule has 1 rings (SSSR count). The molecule has 17 heavy (non-hydrogen) atoms. The van der Waals surface area contributed by atoms with Crippen molar-refractivity contribution in [3.05, 3.63) is 44.0 Å². The first-order chi connectivity index (χ1) is 7.97. The Bertz CT molecular complexity index is 446. The van der Waals surface area contributed by atoms with Gasteiger partial charge in [0.1, 0.15) is 6.10 Å². The minimum absolute atomic E-state index is 0.212. The molecule has 0 fully saturated rings. The summed E-state index contributed by atoms with van der Waals surface area (Å²) in [7, 11) is 0. The number of hydrogen-bond acceptors (Lipinski definition) is 4. The highest BCUT2D eigenvalue weighted by Crippen LogP contribution is 2.31. The van der Waals surface area contributed by atoms with Gasteiger partial charge in [-0.25, -0.2) is 5.11 Å². The quantitative estimate of drug-likeness (QED) is 0.581. The van der Waals surface area contributed by atoms with Gasteiger partial charge in [-0.1, -0.05) is 13.3 Å². The fourth-order valence-electron chi connectivity index (χ4n) is 1.47. The zero-order chi connectivity index (χ0) is 13.0. The van der Waals surface area contributed by atoms with E-state index in [1.54, 1.807) is 0 Å². The first kappa shape index (κ1) is 13.0. The lowest BCUT2D eigenvalue weighted by atomic mass is 10.0. The van der Waals surface area contributed by atoms with E-state index < -0.39 is 27.3 Å². The second kappa shape index (κ2) is 5.35. The van der Waals surface area contributed by atoms with Crippen LogP contribution in [0.2, 0.25) is 0 Å². The Hall–Kier alpha value is -2.02. The number of hydrogen-bond donors (Lipinski definition) is 0. The molecule has 1 atom stereocenters. The largest absolute Gasteiger partial charge is 0.346 e. The third-order valence-corrected chi connectivity index (χ3v) is 2.32. The molecule has 0 amide bonds. The van der Waals surface area contributed by atoms with E-state index in [9.17, 15) is 25.3 Å². The van der Waals surface area contributed by atoms with Gasteiger partial charge in [0.15, 0.2) is 0 Å². The second-order valence-corrected chi connectivity index (χ2v) is 3.54. The van der Waals surface area contributed by atoms with Gasteiger partial charge in [0.25, 0.3) is 0 Å². The zero-order valence-corrected chi connectivity index (χ0v) is 9.16. The second-order valence-electron chi connectivity index (χ2n) is 3.54. The van der Waals surface area contributed by atoms with Gasteiger partial charge in [0.05, 0.1) is 9.85 Å². The Morgan fingerprint density at radius 1 is 1.18 bits per heavy atom. The van der Waals surface area contributed by atoms with E-state index in [1.807, 2.05) is 6.92 Å². The molecule has 0 saturated carbocycles. The molecule has 91 valence electrons. The SMILES string of the molecule is CCCC([O])c1ccc([N+](=O)[O-])c([N+](=O)[O-])c1. The van der Waals surface area contributed by atoms with Gasteiger partial charge in [0, 0.05) is 12.1 Å². The van der Waals surface area contributed by atoms with Crippen LogP contribution >= 0.6 is 0 Å². The lowest BCUT2D eigenvalue weighted by molar-refractivity contribution is -0.422. The predicted octanol–water partition coefficient (Wildman–Crippen LogP) is 2.77. The molecule has 7 nitrogen and oxygen atoms in total. The van der Waals surface area contributed by atoms with E-state index in [4.69, 9.17) is 0 Å². The fraction of sp³-hybridized carbons (Fsp3) is 0.400. The smallest absolute Gasteiger partial charge is 0.258 e. The van der Waals surface area contributed by atoms with Crippen molar-refractivity contribution in [1.29, 1.82) is 0 Å². The Balaban J connectivity index is 3.18. The summed E-state index contributed by atoms with van der Waals surface area (Å²) in [4.78, 5) is 19.5. The summed E-state index contributed by atoms with van der Waals surface area (Å²) < 4.78 is 0. The van der Waals surface area contributed by atoms with Crippen LogP contribution in [0.1, 0.15) is 31.4 Å². The molecule has 0 aromatic heterocycles. The summed E-state index contributed by atoms with van der Waals surface area (Å²) in [6.07, 6.45) is -0.0898. The topological polar surface area (TPSA) is 106 Å². The monoisotopic (exact) mass is 239 g/mol. The summed E-state index contributed by atoms with van der Waals surface area (Å²) in [6.45, 7) is 1.82. The van der Waals surface area contributed by atoms with Crippen molar-refractivity contribution in [2.45, 2.75) is 25.9 Å². The van der Waals surface area contributed by atoms with Crippen molar-refractivity contribution in [3.8, 4) is 0 Å². The van der Waals surface area contributed by atoms with E-state index in [0.717, 1.165) is 12.1 Å². The molecule has 7 heteroatoms. The molecular formula is C10H11N2O5. The molecular weight excluding hydrogens is 228 g/mol. The van der Waals surface area contributed by atoms with Gasteiger partial charge in [-0.2, -0.15) is 0 Å². The van der Waals surface area contributed by atoms with Crippen molar-refractivity contribution in [2.24, 2.45) is 0 Å². The molecule has 0 N–H and O–H groups in total. The van der Waals surface area contributed by atoms with E-state index in [1.165, 1.54) is 6.07 Å². The fourth-order valence-corrected chi connectivity index (χ4v) is 1.47. The Morgan fingerprint density at radius 2 is 1.76 bits per heavy atom. The lowest BCUT2D eigenvalue weighted by Crippen LogP contribution is -2.00. The molecule has 1 radical (unpaired) electrons. The molecule has 0 bridgehead atoms. The third kappa shape index (κ3) is 2.97. The Morgan fingerprint density at radius 3 is 2.24 bits per heavy atom. The average Bonchev–Trinajstić information content (AvgIpc) is 2.28. The molecule has 0 aliphatic rings. The van der Waals surface area contributed by atoms with Gasteiger partial charge in [0.2, 0.25) is 0 Å². The number of benzene rings is 1. The first-order valence-electron chi connectivity index (χ1n) is 5.06. The lowest BCUT2D eigenvalue weighted by Gasteiger charge is -2.06. The molecule has 1 unspecified atom stereocenters. The number of nitro benzene ring substituents is 2. The number of nitrogens with zero attached hydrogens (tertiary/aromatic N) is 2. The van der Waals surface area contributed by atoms with Crippen LogP contribution in [-0.2, 0) is 5.11 Å². The molecule has 1 aromatic carbocycles. The van der Waals surface area contributed by atoms with Crippen molar-refractivity contribution < 1.29 is 15.0 Å². The van der Waals surface area contributed by atoms with Crippen LogP contribution in [0.15, 0.2) is 18.2 Å². The van der Waals surface area contributed by atoms with Crippen LogP contribution in [0.4, 0.5) is 11.4 Å². The van der Waals surface area contributed by atoms with Crippen LogP contribution in [0, 0.1) is 20.2 Å². The maximum atomic E-state index is 11.6. The van der Waals surface area contributed by atoms with Crippen LogP contribution in [0.5, 0.6) is 0 Å². The molecule has 0 spiro atoms. The van der Waals surface area contributed by atoms with Gasteiger partial charge >= 0.3 is 11.4 Å². The molecule has 0 aliphatic heterocycles. The van der Waals surface area contributed by atoms with Crippen LogP contribution in [0.25, 0.3) is 0 Å². The van der Waals surface area contributed by atoms with Crippen LogP contribution in [0.3, 0.4) is 0 Å². The Kier molecular flexibility index (Phi) is 4.11. The van der Waals surface area contributed by atoms with Crippen molar-refractivity contribution in [2.75, 3.05) is 0 Å². The van der Waals surface area contributed by atoms with E-state index in [2.05, 4.69) is 0 Å². The standard InChI is InChI=1S/C10H11N2O5/c1-2-3-10(13)7-4-5-8(11(14)15)9(6-7)12(16)17/h4-6,10H,2-3H2,1H3. The molecule has 1 aromatic rings. The maximum absolute atomic E-state index is 11.6. The minimum Gasteiger partial charge on any atom is -0.258 e. The predicted molar refractivity (Wildman–Crippen MR) is 58.1 cm³/mol. The summed E-state index contributed by atoms with van der Waals surface area (Å²) in [6, 6.07) is 3.28. The highest BCUT2D eigenvalue weighted by molar-refractivity contribution is 5.54. The highest BCUT2D eigenvalue weighted by atomic mass is 16.6. The summed E-state index contributed by atoms with van der Waals surface area (Å²) in [5.74, 6) is 0. The van der Waals surface area contributed by atoms with Crippen molar-refractivity contribution >= 4 is 11.4 Å². The minimum atomic E-state index is -1.08. The third-order valence-electron chi connectivity index (χ3n) is 2.32. The summed E-state index contributed by atoms with van der Waals surface area (Å²) >= 11 is 0. The Labute approximate surface area is 97.0 Å². The van der Waals surface area contributed by atoms with Crippen molar-refractivity contribution in [1.82, 2.24) is 0 Å². The summed E-state index contributed by atoms with van der Waals surface area (Å²) in [5.41, 5.74) is -1.02. The molecule has 0 saturated heterocycles. The van der Waals surface area contributed by atoms with Crippen LogP contribution < -0.4 is 0 Å². The molecule has 0 aliphatic carbocycles. The first-order valence-corrected chi connectivity index (χ1v) is 5.06. The van der Waals surface area contributed by atoms with E-state index >= 15 is 0 Å². The highest BCUT2D eigenvalue weighted by Gasteiger charge is 2.25. The number of rotatable bonds is 5. The van der Waals surface area contributed by atoms with Crippen molar-refractivity contribution in [3.63, 3.8) is 0 Å². The maximum Gasteiger partial charge on any atom is 0.346 e.